The van der Waals surface area contributed by atoms with E-state index in [1.165, 1.54) is 18.9 Å². The largest absolute Gasteiger partial charge is 0.496 e. The highest BCUT2D eigenvalue weighted by atomic mass is 32.2. The predicted molar refractivity (Wildman–Crippen MR) is 234 cm³/mol. The van der Waals surface area contributed by atoms with Crippen LogP contribution in [0.2, 0.25) is 0 Å². The number of carbonyl (C=O) groups is 1. The van der Waals surface area contributed by atoms with Gasteiger partial charge in [-0.05, 0) is 52.4 Å². The Hall–Kier alpha value is -8.43. The number of ether oxygens (including phenoxy) is 3. The first-order chi connectivity index (χ1) is 30.2. The van der Waals surface area contributed by atoms with E-state index in [4.69, 9.17) is 19.7 Å². The number of nitrogens with one attached hydrogen (secondary N) is 2. The smallest absolute Gasteiger partial charge is 0.338 e. The fourth-order valence-electron chi connectivity index (χ4n) is 6.08. The van der Waals surface area contributed by atoms with E-state index in [2.05, 4.69) is 30.0 Å². The number of thioether (sulfide) groups is 1. The molecule has 306 valence electrons. The zero-order valence-electron chi connectivity index (χ0n) is 33.4. The zero-order valence-corrected chi connectivity index (χ0v) is 34.3. The minimum atomic E-state index is -0.538. The Kier molecular flexibility index (Phi) is 14.3. The van der Waals surface area contributed by atoms with Gasteiger partial charge in [0, 0.05) is 27.5 Å². The van der Waals surface area contributed by atoms with Crippen LogP contribution < -0.4 is 20.6 Å². The number of nitriles is 2. The third-order valence-electron chi connectivity index (χ3n) is 9.17. The van der Waals surface area contributed by atoms with E-state index in [0.29, 0.717) is 50.3 Å². The van der Waals surface area contributed by atoms with Crippen molar-refractivity contribution in [2.75, 3.05) is 14.2 Å². The summed E-state index contributed by atoms with van der Waals surface area (Å²) >= 11 is 1.30. The summed E-state index contributed by atoms with van der Waals surface area (Å²) in [4.78, 5) is 54.0. The molecule has 7 rings (SSSR count). The number of nitrogens with zero attached hydrogens (tertiary/aromatic N) is 7. The second-order valence-electron chi connectivity index (χ2n) is 13.1. The molecule has 7 aromatic rings. The quantitative estimate of drug-likeness (QED) is 0.0294. The molecule has 0 aliphatic heterocycles. The van der Waals surface area contributed by atoms with Gasteiger partial charge in [-0.1, -0.05) is 126 Å². The maximum atomic E-state index is 12.7. The highest BCUT2D eigenvalue weighted by molar-refractivity contribution is 7.98. The van der Waals surface area contributed by atoms with E-state index >= 15 is 0 Å². The van der Waals surface area contributed by atoms with Crippen molar-refractivity contribution in [3.63, 3.8) is 0 Å². The van der Waals surface area contributed by atoms with Crippen molar-refractivity contribution in [1.29, 1.82) is 10.5 Å². The molecule has 2 aromatic heterocycles. The highest BCUT2D eigenvalue weighted by Gasteiger charge is 2.19. The van der Waals surface area contributed by atoms with Crippen LogP contribution in [0.4, 0.5) is 5.69 Å². The average Bonchev–Trinajstić information content (AvgIpc) is 3.31. The van der Waals surface area contributed by atoms with Gasteiger partial charge in [0.15, 0.2) is 5.16 Å². The number of methoxy groups -OCH3 is 2. The van der Waals surface area contributed by atoms with Gasteiger partial charge in [0.25, 0.3) is 17.1 Å². The van der Waals surface area contributed by atoms with Crippen molar-refractivity contribution in [2.45, 2.75) is 24.4 Å². The van der Waals surface area contributed by atoms with Crippen LogP contribution in [0, 0.1) is 29.6 Å². The van der Waals surface area contributed by atoms with Gasteiger partial charge < -0.3 is 19.2 Å². The van der Waals surface area contributed by atoms with E-state index in [-0.39, 0.29) is 29.4 Å². The molecule has 2 N–H and O–H groups in total. The molecule has 0 amide bonds. The monoisotopic (exact) mass is 841 g/mol. The van der Waals surface area contributed by atoms with E-state index in [0.717, 1.165) is 22.3 Å². The Morgan fingerprint density at radius 2 is 1.37 bits per heavy atom. The number of hydrogen-bond acceptors (Lipinski definition) is 12. The van der Waals surface area contributed by atoms with Crippen molar-refractivity contribution >= 4 is 23.4 Å². The van der Waals surface area contributed by atoms with E-state index in [1.807, 2.05) is 79.7 Å². The molecule has 16 heteroatoms. The molecule has 0 spiro atoms. The van der Waals surface area contributed by atoms with Crippen molar-refractivity contribution in [3.8, 4) is 57.5 Å². The number of esters is 1. The third-order valence-corrected chi connectivity index (χ3v) is 10.1. The Labute approximate surface area is 358 Å². The molecular formula is C46H35N9O6S. The summed E-state index contributed by atoms with van der Waals surface area (Å²) in [5.74, 6) is 0.644. The fraction of sp³-hybridized carbons (Fsp3) is 0.109. The number of aromatic nitrogens is 4. The summed E-state index contributed by atoms with van der Waals surface area (Å²) < 4.78 is 16.0. The number of aromatic amines is 2. The van der Waals surface area contributed by atoms with E-state index < -0.39 is 17.1 Å². The van der Waals surface area contributed by atoms with Gasteiger partial charge in [-0.25, -0.2) is 9.78 Å². The van der Waals surface area contributed by atoms with Gasteiger partial charge in [-0.2, -0.15) is 15.5 Å². The summed E-state index contributed by atoms with van der Waals surface area (Å²) in [6.07, 6.45) is 0. The summed E-state index contributed by atoms with van der Waals surface area (Å²) in [5, 5.41) is 22.8. The summed E-state index contributed by atoms with van der Waals surface area (Å²) in [6.45, 7) is 2.12. The Morgan fingerprint density at radius 3 is 1.98 bits per heavy atom. The topological polar surface area (TPSA) is 233 Å². The van der Waals surface area contributed by atoms with Crippen molar-refractivity contribution < 1.29 is 19.0 Å². The molecule has 0 saturated carbocycles. The first-order valence-electron chi connectivity index (χ1n) is 18.6. The molecule has 2 heterocycles. The van der Waals surface area contributed by atoms with E-state index in [9.17, 15) is 24.9 Å². The average molecular weight is 842 g/mol. The van der Waals surface area contributed by atoms with Crippen molar-refractivity contribution in [1.82, 2.24) is 19.9 Å². The number of carbonyl (C=O) groups excluding carboxylic acids is 1. The maximum Gasteiger partial charge on any atom is 0.338 e. The SMILES string of the molecule is COC(=O)c1cc(C)c(OC)cc1-c1ccc(-c2nc(SCc3ccc(N=[N+]=[N-])cc3)[nH]c(=O)c2C#N)cc1.N#Cc1c(-c2ccccc2)nc(OCc2ccccc2)[nH]c1=O. The summed E-state index contributed by atoms with van der Waals surface area (Å²) in [6, 6.07) is 40.2. The molecule has 0 saturated heterocycles. The highest BCUT2D eigenvalue weighted by Crippen LogP contribution is 2.33. The predicted octanol–water partition coefficient (Wildman–Crippen LogP) is 9.20. The van der Waals surface area contributed by atoms with Gasteiger partial charge in [-0.15, -0.1) is 0 Å². The number of benzene rings is 5. The lowest BCUT2D eigenvalue weighted by Crippen LogP contribution is -2.15. The van der Waals surface area contributed by atoms with Gasteiger partial charge in [-0.3, -0.25) is 14.6 Å². The number of rotatable bonds is 12. The number of H-pyrrole nitrogens is 2. The minimum absolute atomic E-state index is 0.0248. The van der Waals surface area contributed by atoms with Crippen LogP contribution in [0.3, 0.4) is 0 Å². The van der Waals surface area contributed by atoms with E-state index in [1.54, 1.807) is 67.8 Å². The zero-order chi connectivity index (χ0) is 44.0. The number of aryl methyl sites for hydroxylation is 1. The molecular weight excluding hydrogens is 807 g/mol. The van der Waals surface area contributed by atoms with Crippen LogP contribution in [-0.2, 0) is 17.1 Å². The van der Waals surface area contributed by atoms with Crippen LogP contribution in [0.15, 0.2) is 141 Å². The fourth-order valence-corrected chi connectivity index (χ4v) is 6.90. The molecule has 62 heavy (non-hydrogen) atoms. The molecule has 0 bridgehead atoms. The number of hydrogen-bond donors (Lipinski definition) is 2. The molecule has 0 aliphatic rings. The van der Waals surface area contributed by atoms with Crippen molar-refractivity contribution in [2.24, 2.45) is 5.11 Å². The van der Waals surface area contributed by atoms with Gasteiger partial charge in [0.2, 0.25) is 0 Å². The standard InChI is InChI=1S/C28H22N6O4S.C18H13N3O2/c1-16-12-22(27(36)38-3)21(13-24(16)37-2)18-6-8-19(9-7-18)25-23(14-29)26(35)32-28(31-25)39-15-17-4-10-20(11-5-17)33-34-30;19-11-15-16(14-9-5-2-6-10-14)20-18(21-17(15)22)23-12-13-7-3-1-4-8-13/h4-13H,15H2,1-3H3,(H,31,32,35);1-10H,12H2,(H,20,21,22). The van der Waals surface area contributed by atoms with Crippen LogP contribution in [0.5, 0.6) is 11.8 Å². The van der Waals surface area contributed by atoms with Gasteiger partial charge in [0.05, 0.1) is 31.2 Å². The van der Waals surface area contributed by atoms with Crippen LogP contribution in [0.1, 0.15) is 38.2 Å². The third kappa shape index (κ3) is 10.4. The molecule has 0 radical (unpaired) electrons. The first kappa shape index (κ1) is 43.2. The summed E-state index contributed by atoms with van der Waals surface area (Å²) in [5.41, 5.74) is 14.1. The molecule has 0 atom stereocenters. The molecule has 5 aromatic carbocycles. The van der Waals surface area contributed by atoms with Gasteiger partial charge in [0.1, 0.15) is 35.6 Å². The van der Waals surface area contributed by atoms with Crippen LogP contribution >= 0.6 is 11.8 Å². The summed E-state index contributed by atoms with van der Waals surface area (Å²) in [7, 11) is 2.88. The van der Waals surface area contributed by atoms with Crippen LogP contribution in [-0.4, -0.2) is 40.1 Å². The molecule has 15 nitrogen and oxygen atoms in total. The maximum absolute atomic E-state index is 12.7. The molecule has 0 fully saturated rings. The Bertz CT molecular complexity index is 2970. The molecule has 0 aliphatic carbocycles. The normalized spacial score (nSPS) is 10.2. The molecule has 0 unspecified atom stereocenters. The lowest BCUT2D eigenvalue weighted by Gasteiger charge is -2.13. The first-order valence-corrected chi connectivity index (χ1v) is 19.6. The lowest BCUT2D eigenvalue weighted by atomic mass is 9.95. The minimum Gasteiger partial charge on any atom is -0.496 e. The van der Waals surface area contributed by atoms with Crippen molar-refractivity contribution in [3.05, 3.63) is 186 Å². The van der Waals surface area contributed by atoms with Gasteiger partial charge >= 0.3 is 5.97 Å². The lowest BCUT2D eigenvalue weighted by molar-refractivity contribution is 0.0601. The van der Waals surface area contributed by atoms with Crippen LogP contribution in [0.25, 0.3) is 44.1 Å². The second kappa shape index (κ2) is 20.5. The Balaban J connectivity index is 0.000000236. The Morgan fingerprint density at radius 1 is 0.774 bits per heavy atom. The number of azide groups is 1. The second-order valence-corrected chi connectivity index (χ2v) is 14.1.